The second-order valence-corrected chi connectivity index (χ2v) is 8.32. The topological polar surface area (TPSA) is 39.6 Å². The van der Waals surface area contributed by atoms with Crippen LogP contribution in [0.3, 0.4) is 0 Å². The quantitative estimate of drug-likeness (QED) is 0.921. The van der Waals surface area contributed by atoms with Crippen molar-refractivity contribution in [1.29, 1.82) is 0 Å². The summed E-state index contributed by atoms with van der Waals surface area (Å²) in [6.07, 6.45) is 4.96. The lowest BCUT2D eigenvalue weighted by molar-refractivity contribution is -0.00560. The fraction of sp³-hybridized carbons (Fsp3) is 0.500. The van der Waals surface area contributed by atoms with Crippen LogP contribution in [0.4, 0.5) is 0 Å². The van der Waals surface area contributed by atoms with Gasteiger partial charge in [-0.15, -0.1) is 0 Å². The predicted molar refractivity (Wildman–Crippen MR) is 104 cm³/mol. The van der Waals surface area contributed by atoms with Crippen molar-refractivity contribution >= 4 is 0 Å². The highest BCUT2D eigenvalue weighted by Gasteiger charge is 2.44. The van der Waals surface area contributed by atoms with Crippen molar-refractivity contribution in [2.24, 2.45) is 5.92 Å². The van der Waals surface area contributed by atoms with E-state index < -0.39 is 0 Å². The number of piperazine rings is 1. The van der Waals surface area contributed by atoms with E-state index in [-0.39, 0.29) is 5.41 Å². The summed E-state index contributed by atoms with van der Waals surface area (Å²) in [7, 11) is 0. The van der Waals surface area contributed by atoms with E-state index in [4.69, 9.17) is 0 Å². The van der Waals surface area contributed by atoms with Crippen molar-refractivity contribution in [1.82, 2.24) is 14.8 Å². The van der Waals surface area contributed by atoms with Gasteiger partial charge in [-0.3, -0.25) is 14.8 Å². The van der Waals surface area contributed by atoms with Gasteiger partial charge in [0.1, 0.15) is 5.75 Å². The third-order valence-corrected chi connectivity index (χ3v) is 6.58. The van der Waals surface area contributed by atoms with Gasteiger partial charge in [-0.1, -0.05) is 32.0 Å². The van der Waals surface area contributed by atoms with Crippen LogP contribution in [0.1, 0.15) is 31.4 Å². The molecule has 0 radical (unpaired) electrons. The standard InChI is InChI=1S/C22H29N3O/c1-17-14-25-10-9-24(15-18-5-4-8-23-13-18)16-20(25)12-22(17,2)19-6-3-7-21(26)11-19/h3-8,11,13,17,20,26H,9-10,12,14-16H2,1-2H3/t17-,20?,22+/m0/s1. The molecule has 0 amide bonds. The molecule has 26 heavy (non-hydrogen) atoms. The maximum atomic E-state index is 9.96. The highest BCUT2D eigenvalue weighted by atomic mass is 16.3. The molecule has 2 aromatic rings. The van der Waals surface area contributed by atoms with E-state index in [1.807, 2.05) is 30.6 Å². The molecule has 2 fully saturated rings. The summed E-state index contributed by atoms with van der Waals surface area (Å²) in [4.78, 5) is 9.49. The van der Waals surface area contributed by atoms with Crippen LogP contribution in [-0.2, 0) is 12.0 Å². The Hall–Kier alpha value is -1.91. The van der Waals surface area contributed by atoms with Crippen LogP contribution in [-0.4, -0.2) is 52.1 Å². The molecule has 0 aliphatic carbocycles. The lowest BCUT2D eigenvalue weighted by atomic mass is 9.65. The molecule has 1 unspecified atom stereocenters. The number of phenolic OH excluding ortho intramolecular Hbond substituents is 1. The number of aromatic hydroxyl groups is 1. The van der Waals surface area contributed by atoms with Gasteiger partial charge < -0.3 is 5.11 Å². The Balaban J connectivity index is 1.50. The second-order valence-electron chi connectivity index (χ2n) is 8.32. The largest absolute Gasteiger partial charge is 0.508 e. The number of pyridine rings is 1. The van der Waals surface area contributed by atoms with Crippen molar-refractivity contribution in [2.45, 2.75) is 38.3 Å². The van der Waals surface area contributed by atoms with Gasteiger partial charge in [0.05, 0.1) is 0 Å². The zero-order valence-electron chi connectivity index (χ0n) is 15.8. The molecular weight excluding hydrogens is 322 g/mol. The number of hydrogen-bond donors (Lipinski definition) is 1. The second kappa shape index (κ2) is 7.01. The number of hydrogen-bond acceptors (Lipinski definition) is 4. The summed E-state index contributed by atoms with van der Waals surface area (Å²) in [5.74, 6) is 0.950. The molecule has 2 saturated heterocycles. The normalized spacial score (nSPS) is 30.1. The Bertz CT molecular complexity index is 750. The molecule has 138 valence electrons. The molecule has 0 saturated carbocycles. The monoisotopic (exact) mass is 351 g/mol. The van der Waals surface area contributed by atoms with Crippen LogP contribution in [0, 0.1) is 5.92 Å². The Labute approximate surface area is 156 Å². The highest BCUT2D eigenvalue weighted by Crippen LogP contribution is 2.43. The van der Waals surface area contributed by atoms with Crippen LogP contribution in [0.15, 0.2) is 48.8 Å². The molecule has 1 aromatic heterocycles. The smallest absolute Gasteiger partial charge is 0.115 e. The van der Waals surface area contributed by atoms with Gasteiger partial charge in [-0.05, 0) is 47.1 Å². The fourth-order valence-corrected chi connectivity index (χ4v) is 4.79. The molecule has 2 aliphatic rings. The first-order valence-electron chi connectivity index (χ1n) is 9.69. The summed E-state index contributed by atoms with van der Waals surface area (Å²) >= 11 is 0. The van der Waals surface area contributed by atoms with Gasteiger partial charge in [0.15, 0.2) is 0 Å². The van der Waals surface area contributed by atoms with Gasteiger partial charge >= 0.3 is 0 Å². The van der Waals surface area contributed by atoms with E-state index in [1.165, 1.54) is 11.1 Å². The van der Waals surface area contributed by atoms with Crippen molar-refractivity contribution in [3.05, 3.63) is 59.9 Å². The number of phenols is 1. The summed E-state index contributed by atoms with van der Waals surface area (Å²) in [6, 6.07) is 12.6. The summed E-state index contributed by atoms with van der Waals surface area (Å²) in [5.41, 5.74) is 2.67. The van der Waals surface area contributed by atoms with Crippen molar-refractivity contribution in [3.63, 3.8) is 0 Å². The summed E-state index contributed by atoms with van der Waals surface area (Å²) in [5, 5.41) is 9.96. The van der Waals surface area contributed by atoms with Crippen LogP contribution in [0.5, 0.6) is 5.75 Å². The van der Waals surface area contributed by atoms with Crippen molar-refractivity contribution < 1.29 is 5.11 Å². The molecule has 1 N–H and O–H groups in total. The van der Waals surface area contributed by atoms with Gasteiger partial charge in [0.25, 0.3) is 0 Å². The third-order valence-electron chi connectivity index (χ3n) is 6.58. The first-order valence-corrected chi connectivity index (χ1v) is 9.69. The van der Waals surface area contributed by atoms with Crippen LogP contribution in [0.25, 0.3) is 0 Å². The molecule has 4 nitrogen and oxygen atoms in total. The maximum absolute atomic E-state index is 9.96. The van der Waals surface area contributed by atoms with Gasteiger partial charge in [-0.2, -0.15) is 0 Å². The molecule has 3 heterocycles. The van der Waals surface area contributed by atoms with Crippen LogP contribution in [0.2, 0.25) is 0 Å². The molecule has 1 aromatic carbocycles. The molecule has 2 aliphatic heterocycles. The molecule has 0 bridgehead atoms. The predicted octanol–water partition coefficient (Wildman–Crippen LogP) is 3.27. The van der Waals surface area contributed by atoms with E-state index in [0.29, 0.717) is 17.7 Å². The van der Waals surface area contributed by atoms with Crippen LogP contribution < -0.4 is 0 Å². The number of benzene rings is 1. The van der Waals surface area contributed by atoms with E-state index in [9.17, 15) is 5.11 Å². The molecule has 4 heteroatoms. The molecule has 0 spiro atoms. The lowest BCUT2D eigenvalue weighted by Gasteiger charge is -2.53. The van der Waals surface area contributed by atoms with Gasteiger partial charge in [0, 0.05) is 51.2 Å². The lowest BCUT2D eigenvalue weighted by Crippen LogP contribution is -2.60. The number of fused-ring (bicyclic) bond motifs is 1. The first kappa shape index (κ1) is 17.5. The van der Waals surface area contributed by atoms with Crippen molar-refractivity contribution in [3.8, 4) is 5.75 Å². The summed E-state index contributed by atoms with van der Waals surface area (Å²) < 4.78 is 0. The Morgan fingerprint density at radius 1 is 1.19 bits per heavy atom. The Morgan fingerprint density at radius 2 is 2.08 bits per heavy atom. The van der Waals surface area contributed by atoms with E-state index in [1.54, 1.807) is 6.07 Å². The summed E-state index contributed by atoms with van der Waals surface area (Å²) in [6.45, 7) is 10.2. The van der Waals surface area contributed by atoms with Crippen LogP contribution >= 0.6 is 0 Å². The maximum Gasteiger partial charge on any atom is 0.115 e. The third kappa shape index (κ3) is 3.36. The number of piperidine rings is 1. The highest BCUT2D eigenvalue weighted by molar-refractivity contribution is 5.34. The Morgan fingerprint density at radius 3 is 2.85 bits per heavy atom. The average molecular weight is 351 g/mol. The minimum absolute atomic E-state index is 0.108. The molecule has 4 rings (SSSR count). The Kier molecular flexibility index (Phi) is 4.72. The average Bonchev–Trinajstić information content (AvgIpc) is 2.64. The molecule has 3 atom stereocenters. The van der Waals surface area contributed by atoms with Gasteiger partial charge in [-0.25, -0.2) is 0 Å². The zero-order valence-corrected chi connectivity index (χ0v) is 15.8. The van der Waals surface area contributed by atoms with E-state index in [2.05, 4.69) is 40.8 Å². The first-order chi connectivity index (χ1) is 12.5. The number of nitrogens with zero attached hydrogens (tertiary/aromatic N) is 3. The number of aromatic nitrogens is 1. The van der Waals surface area contributed by atoms with E-state index in [0.717, 1.165) is 39.1 Å². The minimum Gasteiger partial charge on any atom is -0.508 e. The fourth-order valence-electron chi connectivity index (χ4n) is 4.79. The zero-order chi connectivity index (χ0) is 18.1. The SMILES string of the molecule is C[C@H]1CN2CCN(Cc3cccnc3)CC2C[C@@]1(C)c1cccc(O)c1. The minimum atomic E-state index is 0.108. The van der Waals surface area contributed by atoms with Gasteiger partial charge in [0.2, 0.25) is 0 Å². The van der Waals surface area contributed by atoms with E-state index >= 15 is 0 Å². The molecular formula is C22H29N3O. The van der Waals surface area contributed by atoms with Crippen molar-refractivity contribution in [2.75, 3.05) is 26.2 Å². The number of rotatable bonds is 3.